The molecule has 0 aliphatic carbocycles. The normalized spacial score (nSPS) is 10.1. The number of hydrogen-bond donors (Lipinski definition) is 1. The molecule has 22 heavy (non-hydrogen) atoms. The third-order valence-electron chi connectivity index (χ3n) is 3.12. The van der Waals surface area contributed by atoms with Gasteiger partial charge in [-0.3, -0.25) is 4.79 Å². The Bertz CT molecular complexity index is 692. The molecule has 0 radical (unpaired) electrons. The number of Topliss-reactive ketones (excluding diaryl/α,β-unsaturated/α-hetero) is 1. The molecule has 0 aliphatic rings. The van der Waals surface area contributed by atoms with E-state index in [0.717, 1.165) is 5.56 Å². The Labute approximate surface area is 128 Å². The van der Waals surface area contributed by atoms with E-state index in [1.54, 1.807) is 0 Å². The van der Waals surface area contributed by atoms with Gasteiger partial charge in [-0.05, 0) is 18.6 Å². The molecule has 0 heterocycles. The number of ether oxygens (including phenoxy) is 2. The van der Waals surface area contributed by atoms with Crippen molar-refractivity contribution in [2.45, 2.75) is 13.5 Å². The Morgan fingerprint density at radius 1 is 1.09 bits per heavy atom. The molecular formula is C17H16O5. The number of rotatable bonds is 5. The average Bonchev–Trinajstić information content (AvgIpc) is 2.52. The van der Waals surface area contributed by atoms with Crippen LogP contribution in [0.4, 0.5) is 0 Å². The summed E-state index contributed by atoms with van der Waals surface area (Å²) in [6, 6.07) is 12.0. The Balaban J connectivity index is 2.32. The second-order valence-electron chi connectivity index (χ2n) is 4.69. The summed E-state index contributed by atoms with van der Waals surface area (Å²) in [4.78, 5) is 23.3. The number of phenolic OH excluding ortho intramolecular Hbond substituents is 1. The first-order valence-electron chi connectivity index (χ1n) is 6.66. The number of hydrogen-bond acceptors (Lipinski definition) is 5. The topological polar surface area (TPSA) is 72.8 Å². The second kappa shape index (κ2) is 6.76. The molecule has 0 saturated carbocycles. The van der Waals surface area contributed by atoms with E-state index in [2.05, 4.69) is 4.74 Å². The van der Waals surface area contributed by atoms with E-state index in [1.807, 2.05) is 30.3 Å². The van der Waals surface area contributed by atoms with Gasteiger partial charge < -0.3 is 14.6 Å². The van der Waals surface area contributed by atoms with Crippen molar-refractivity contribution in [3.05, 3.63) is 59.2 Å². The van der Waals surface area contributed by atoms with E-state index in [0.29, 0.717) is 0 Å². The molecule has 0 unspecified atom stereocenters. The highest BCUT2D eigenvalue weighted by molar-refractivity contribution is 6.01. The van der Waals surface area contributed by atoms with Crippen molar-refractivity contribution in [2.24, 2.45) is 0 Å². The van der Waals surface area contributed by atoms with Crippen LogP contribution in [0.15, 0.2) is 42.5 Å². The SMILES string of the molecule is COC(=O)c1cc(C(C)=O)c(OCc2ccccc2)cc1O. The van der Waals surface area contributed by atoms with Crippen molar-refractivity contribution in [1.29, 1.82) is 0 Å². The maximum Gasteiger partial charge on any atom is 0.341 e. The molecule has 2 rings (SSSR count). The minimum absolute atomic E-state index is 0.0697. The van der Waals surface area contributed by atoms with Crippen molar-refractivity contribution in [2.75, 3.05) is 7.11 Å². The first-order valence-corrected chi connectivity index (χ1v) is 6.66. The fourth-order valence-electron chi connectivity index (χ4n) is 1.97. The van der Waals surface area contributed by atoms with Gasteiger partial charge in [0.25, 0.3) is 0 Å². The molecule has 0 aromatic heterocycles. The van der Waals surface area contributed by atoms with Crippen LogP contribution in [0.25, 0.3) is 0 Å². The van der Waals surface area contributed by atoms with Crippen molar-refractivity contribution >= 4 is 11.8 Å². The zero-order valence-electron chi connectivity index (χ0n) is 12.3. The lowest BCUT2D eigenvalue weighted by molar-refractivity contribution is 0.0597. The largest absolute Gasteiger partial charge is 0.507 e. The fraction of sp³-hybridized carbons (Fsp3) is 0.176. The first-order chi connectivity index (χ1) is 10.5. The van der Waals surface area contributed by atoms with Crippen LogP contribution < -0.4 is 4.74 Å². The molecule has 0 spiro atoms. The van der Waals surface area contributed by atoms with Gasteiger partial charge in [0.1, 0.15) is 23.7 Å². The summed E-state index contributed by atoms with van der Waals surface area (Å²) in [5.74, 6) is -1.05. The lowest BCUT2D eigenvalue weighted by atomic mass is 10.1. The Morgan fingerprint density at radius 3 is 2.36 bits per heavy atom. The van der Waals surface area contributed by atoms with Crippen molar-refractivity contribution in [1.82, 2.24) is 0 Å². The molecule has 2 aromatic rings. The molecule has 5 heteroatoms. The zero-order chi connectivity index (χ0) is 16.1. The number of phenols is 1. The molecule has 114 valence electrons. The van der Waals surface area contributed by atoms with E-state index >= 15 is 0 Å². The van der Waals surface area contributed by atoms with Gasteiger partial charge in [0, 0.05) is 6.07 Å². The van der Waals surface area contributed by atoms with E-state index in [-0.39, 0.29) is 35.0 Å². The van der Waals surface area contributed by atoms with Crippen molar-refractivity contribution < 1.29 is 24.2 Å². The van der Waals surface area contributed by atoms with Crippen LogP contribution in [0, 0.1) is 0 Å². The Morgan fingerprint density at radius 2 is 1.77 bits per heavy atom. The van der Waals surface area contributed by atoms with E-state index in [9.17, 15) is 14.7 Å². The molecule has 0 amide bonds. The predicted octanol–water partition coefficient (Wildman–Crippen LogP) is 2.96. The monoisotopic (exact) mass is 300 g/mol. The highest BCUT2D eigenvalue weighted by atomic mass is 16.5. The number of aromatic hydroxyl groups is 1. The van der Waals surface area contributed by atoms with Gasteiger partial charge in [-0.1, -0.05) is 30.3 Å². The summed E-state index contributed by atoms with van der Waals surface area (Å²) >= 11 is 0. The number of benzene rings is 2. The van der Waals surface area contributed by atoms with Crippen LogP contribution in [-0.2, 0) is 11.3 Å². The minimum Gasteiger partial charge on any atom is -0.507 e. The quantitative estimate of drug-likeness (QED) is 0.679. The van der Waals surface area contributed by atoms with Gasteiger partial charge in [-0.2, -0.15) is 0 Å². The molecular weight excluding hydrogens is 284 g/mol. The lowest BCUT2D eigenvalue weighted by Crippen LogP contribution is -2.07. The van der Waals surface area contributed by atoms with Crippen LogP contribution in [0.1, 0.15) is 33.2 Å². The molecule has 0 aliphatic heterocycles. The van der Waals surface area contributed by atoms with Crippen molar-refractivity contribution in [3.8, 4) is 11.5 Å². The minimum atomic E-state index is -0.713. The second-order valence-corrected chi connectivity index (χ2v) is 4.69. The number of carbonyl (C=O) groups is 2. The fourth-order valence-corrected chi connectivity index (χ4v) is 1.97. The molecule has 0 atom stereocenters. The number of carbonyl (C=O) groups excluding carboxylic acids is 2. The van der Waals surface area contributed by atoms with Gasteiger partial charge >= 0.3 is 5.97 Å². The third kappa shape index (κ3) is 3.44. The van der Waals surface area contributed by atoms with Gasteiger partial charge in [-0.25, -0.2) is 4.79 Å². The van der Waals surface area contributed by atoms with Crippen LogP contribution >= 0.6 is 0 Å². The standard InChI is InChI=1S/C17H16O5/c1-11(18)13-8-14(17(20)21-2)15(19)9-16(13)22-10-12-6-4-3-5-7-12/h3-9,19H,10H2,1-2H3. The molecule has 0 fully saturated rings. The molecule has 2 aromatic carbocycles. The number of esters is 1. The summed E-state index contributed by atoms with van der Waals surface area (Å²) in [6.07, 6.45) is 0. The molecule has 0 saturated heterocycles. The third-order valence-corrected chi connectivity index (χ3v) is 3.12. The smallest absolute Gasteiger partial charge is 0.341 e. The number of methoxy groups -OCH3 is 1. The van der Waals surface area contributed by atoms with E-state index in [4.69, 9.17) is 4.74 Å². The lowest BCUT2D eigenvalue weighted by Gasteiger charge is -2.12. The Hall–Kier alpha value is -2.82. The van der Waals surface area contributed by atoms with E-state index in [1.165, 1.54) is 26.2 Å². The first kappa shape index (κ1) is 15.6. The van der Waals surface area contributed by atoms with E-state index < -0.39 is 5.97 Å². The van der Waals surface area contributed by atoms with Crippen molar-refractivity contribution in [3.63, 3.8) is 0 Å². The maximum absolute atomic E-state index is 11.7. The number of ketones is 1. The summed E-state index contributed by atoms with van der Waals surface area (Å²) < 4.78 is 10.2. The predicted molar refractivity (Wildman–Crippen MR) is 80.2 cm³/mol. The van der Waals surface area contributed by atoms with Crippen LogP contribution in [0.3, 0.4) is 0 Å². The Kier molecular flexibility index (Phi) is 4.78. The average molecular weight is 300 g/mol. The van der Waals surface area contributed by atoms with Gasteiger partial charge in [0.05, 0.1) is 12.7 Å². The summed E-state index contributed by atoms with van der Waals surface area (Å²) in [7, 11) is 1.20. The van der Waals surface area contributed by atoms with Gasteiger partial charge in [0.15, 0.2) is 5.78 Å². The summed E-state index contributed by atoms with van der Waals surface area (Å²) in [5, 5.41) is 9.90. The van der Waals surface area contributed by atoms with Crippen LogP contribution in [-0.4, -0.2) is 24.0 Å². The molecule has 1 N–H and O–H groups in total. The van der Waals surface area contributed by atoms with Gasteiger partial charge in [-0.15, -0.1) is 0 Å². The molecule has 0 bridgehead atoms. The highest BCUT2D eigenvalue weighted by Crippen LogP contribution is 2.30. The molecule has 5 nitrogen and oxygen atoms in total. The van der Waals surface area contributed by atoms with Crippen LogP contribution in [0.5, 0.6) is 11.5 Å². The summed E-state index contributed by atoms with van der Waals surface area (Å²) in [6.45, 7) is 1.61. The van der Waals surface area contributed by atoms with Crippen LogP contribution in [0.2, 0.25) is 0 Å². The summed E-state index contributed by atoms with van der Waals surface area (Å²) in [5.41, 5.74) is 1.07. The maximum atomic E-state index is 11.7. The highest BCUT2D eigenvalue weighted by Gasteiger charge is 2.19. The van der Waals surface area contributed by atoms with Gasteiger partial charge in [0.2, 0.25) is 0 Å². The zero-order valence-corrected chi connectivity index (χ0v) is 12.3.